The molecular formula is C41H63N7O11. The number of rotatable bonds is 7. The predicted octanol–water partition coefficient (Wildman–Crippen LogP) is 2.80. The third-order valence-corrected chi connectivity index (χ3v) is 12.1. The molecule has 2 aromatic rings. The number of oxime groups is 1. The molecule has 3 fully saturated rings. The molecule has 18 nitrogen and oxygen atoms in total. The number of ether oxygens (including phenoxy) is 5. The third kappa shape index (κ3) is 10.2. The average Bonchev–Trinajstić information content (AvgIpc) is 3.54. The number of Topliss-reactive ketones (excluding diaryl/α,β-unsaturated/α-hetero) is 1. The van der Waals surface area contributed by atoms with Crippen LogP contribution in [-0.2, 0) is 56.6 Å². The average molecular weight is 830 g/mol. The summed E-state index contributed by atoms with van der Waals surface area (Å²) in [5, 5.41) is 36.6. The molecule has 0 unspecified atom stereocenters. The number of esters is 1. The minimum absolute atomic E-state index is 0.0393. The van der Waals surface area contributed by atoms with Crippen LogP contribution >= 0.6 is 0 Å². The highest BCUT2D eigenvalue weighted by Crippen LogP contribution is 2.40. The van der Waals surface area contributed by atoms with Gasteiger partial charge >= 0.3 is 5.97 Å². The Morgan fingerprint density at radius 3 is 2.47 bits per heavy atom. The quantitative estimate of drug-likeness (QED) is 0.233. The topological polar surface area (TPSA) is 219 Å². The van der Waals surface area contributed by atoms with E-state index in [1.807, 2.05) is 38.9 Å². The van der Waals surface area contributed by atoms with E-state index in [9.17, 15) is 24.6 Å². The van der Waals surface area contributed by atoms with Crippen LogP contribution < -0.4 is 0 Å². The molecule has 5 rings (SSSR count). The Morgan fingerprint density at radius 1 is 1.10 bits per heavy atom. The molecule has 3 aliphatic rings. The number of aliphatic imine (C=N–C) groups is 1. The summed E-state index contributed by atoms with van der Waals surface area (Å²) in [4.78, 5) is 57.9. The fraction of sp³-hybridized carbons (Fsp3) is 0.756. The molecule has 2 N–H and O–H groups in total. The van der Waals surface area contributed by atoms with E-state index in [-0.39, 0.29) is 50.5 Å². The Labute approximate surface area is 346 Å². The van der Waals surface area contributed by atoms with E-state index in [2.05, 4.69) is 25.4 Å². The summed E-state index contributed by atoms with van der Waals surface area (Å²) in [6.45, 7) is 14.6. The molecule has 0 aliphatic carbocycles. The van der Waals surface area contributed by atoms with E-state index in [1.54, 1.807) is 45.5 Å². The van der Waals surface area contributed by atoms with Crippen molar-refractivity contribution in [2.75, 3.05) is 27.3 Å². The van der Waals surface area contributed by atoms with Crippen LogP contribution in [0.3, 0.4) is 0 Å². The second-order valence-corrected chi connectivity index (χ2v) is 17.2. The molecule has 0 aromatic carbocycles. The zero-order valence-corrected chi connectivity index (χ0v) is 36.4. The Kier molecular flexibility index (Phi) is 14.8. The SMILES string of the molecule is CC[C@H]1OC(=O)[C@H](C)C(=O)[C@H](C)[C@@H](O[C@@H]2O[C@H](C)C[C@H](N(C)C)[C@H]2O)[C@@]2(C)C[C@@H](C)C(=NC(C)=O)[C@H](C)[C@H](OC/C(=N\OCc3ccc4c(nnn4C)n3)CO2)[C@]1(C)O. The van der Waals surface area contributed by atoms with Gasteiger partial charge in [-0.1, -0.05) is 38.1 Å². The van der Waals surface area contributed by atoms with Crippen molar-refractivity contribution >= 4 is 40.2 Å². The van der Waals surface area contributed by atoms with Crippen molar-refractivity contribution in [3.05, 3.63) is 17.8 Å². The van der Waals surface area contributed by atoms with Gasteiger partial charge in [-0.25, -0.2) is 14.7 Å². The normalized spacial score (nSPS) is 38.2. The number of aliphatic hydroxyl groups is 2. The number of aryl methyl sites for hydroxylation is 1. The van der Waals surface area contributed by atoms with E-state index >= 15 is 0 Å². The molecule has 1 amide bonds. The minimum atomic E-state index is -1.86. The van der Waals surface area contributed by atoms with Crippen molar-refractivity contribution in [2.24, 2.45) is 40.9 Å². The van der Waals surface area contributed by atoms with Gasteiger partial charge in [0.25, 0.3) is 0 Å². The lowest BCUT2D eigenvalue weighted by Crippen LogP contribution is -2.60. The lowest BCUT2D eigenvalue weighted by molar-refractivity contribution is -0.296. The largest absolute Gasteiger partial charge is 0.459 e. The van der Waals surface area contributed by atoms with E-state index < -0.39 is 83.2 Å². The van der Waals surface area contributed by atoms with E-state index in [0.717, 1.165) is 5.52 Å². The summed E-state index contributed by atoms with van der Waals surface area (Å²) in [5.41, 5.74) is -0.873. The number of cyclic esters (lactones) is 1. The fourth-order valence-corrected chi connectivity index (χ4v) is 8.84. The van der Waals surface area contributed by atoms with Gasteiger partial charge in [-0.05, 0) is 79.1 Å². The highest BCUT2D eigenvalue weighted by molar-refractivity contribution is 6.00. The molecule has 2 aromatic heterocycles. The monoisotopic (exact) mass is 829 g/mol. The zero-order valence-electron chi connectivity index (χ0n) is 36.4. The summed E-state index contributed by atoms with van der Waals surface area (Å²) in [7, 11) is 5.49. The van der Waals surface area contributed by atoms with Crippen LogP contribution in [0.2, 0.25) is 0 Å². The lowest BCUT2D eigenvalue weighted by atomic mass is 9.73. The first-order valence-electron chi connectivity index (χ1n) is 20.5. The van der Waals surface area contributed by atoms with Crippen molar-refractivity contribution in [3.8, 4) is 0 Å². The van der Waals surface area contributed by atoms with Crippen molar-refractivity contribution < 1.29 is 53.1 Å². The van der Waals surface area contributed by atoms with Crippen molar-refractivity contribution in [3.63, 3.8) is 0 Å². The Bertz CT molecular complexity index is 1880. The highest BCUT2D eigenvalue weighted by Gasteiger charge is 2.53. The molecule has 3 saturated heterocycles. The van der Waals surface area contributed by atoms with E-state index in [0.29, 0.717) is 23.5 Å². The third-order valence-electron chi connectivity index (χ3n) is 12.1. The minimum Gasteiger partial charge on any atom is -0.459 e. The number of hydrogen-bond acceptors (Lipinski definition) is 16. The summed E-state index contributed by atoms with van der Waals surface area (Å²) in [6, 6.07) is 3.28. The van der Waals surface area contributed by atoms with Gasteiger partial charge in [0.2, 0.25) is 11.6 Å². The van der Waals surface area contributed by atoms with Crippen LogP contribution in [0.4, 0.5) is 0 Å². The molecule has 5 heterocycles. The van der Waals surface area contributed by atoms with Gasteiger partial charge in [0.05, 0.1) is 42.8 Å². The first-order chi connectivity index (χ1) is 27.7. The van der Waals surface area contributed by atoms with Gasteiger partial charge in [0.15, 0.2) is 18.7 Å². The maximum Gasteiger partial charge on any atom is 0.316 e. The number of ketones is 1. The number of aliphatic hydroxyl groups excluding tert-OH is 1. The second-order valence-electron chi connectivity index (χ2n) is 17.2. The maximum atomic E-state index is 14.5. The first-order valence-corrected chi connectivity index (χ1v) is 20.5. The molecule has 18 heteroatoms. The number of carbonyl (C=O) groups excluding carboxylic acids is 3. The number of likely N-dealkylation sites (N-methyl/N-ethyl adjacent to an activating group) is 1. The van der Waals surface area contributed by atoms with Crippen molar-refractivity contribution in [1.82, 2.24) is 24.9 Å². The van der Waals surface area contributed by atoms with Gasteiger partial charge < -0.3 is 43.6 Å². The molecule has 0 spiro atoms. The number of carbonyl (C=O) groups is 3. The van der Waals surface area contributed by atoms with Crippen LogP contribution in [0.5, 0.6) is 0 Å². The number of nitrogens with zero attached hydrogens (tertiary/aromatic N) is 7. The first kappa shape index (κ1) is 46.3. The number of hydrogen-bond donors (Lipinski definition) is 2. The number of pyridine rings is 1. The molecular weight excluding hydrogens is 766 g/mol. The summed E-state index contributed by atoms with van der Waals surface area (Å²) in [6.07, 6.45) is -5.19. The summed E-state index contributed by atoms with van der Waals surface area (Å²) < 4.78 is 34.0. The lowest BCUT2D eigenvalue weighted by Gasteiger charge is -2.47. The Morgan fingerprint density at radius 2 is 1.81 bits per heavy atom. The molecule has 13 atom stereocenters. The highest BCUT2D eigenvalue weighted by atomic mass is 16.7. The smallest absolute Gasteiger partial charge is 0.316 e. The summed E-state index contributed by atoms with van der Waals surface area (Å²) in [5.74, 6) is -5.37. The van der Waals surface area contributed by atoms with Crippen LogP contribution in [-0.4, -0.2) is 146 Å². The van der Waals surface area contributed by atoms with Gasteiger partial charge in [0.1, 0.15) is 35.0 Å². The number of fused-ring (bicyclic) bond motifs is 6. The predicted molar refractivity (Wildman–Crippen MR) is 215 cm³/mol. The van der Waals surface area contributed by atoms with Gasteiger partial charge in [-0.3, -0.25) is 14.4 Å². The van der Waals surface area contributed by atoms with E-state index in [1.165, 1.54) is 20.8 Å². The van der Waals surface area contributed by atoms with Crippen LogP contribution in [0.25, 0.3) is 11.2 Å². The second kappa shape index (κ2) is 18.9. The fourth-order valence-electron chi connectivity index (χ4n) is 8.84. The zero-order chi connectivity index (χ0) is 43.6. The number of aromatic nitrogens is 4. The standard InChI is InChI=1S/C41H63N7O11/c1-13-31-41(9,53)36-23(4)32(42-26(7)49)21(2)17-40(8,55-19-28(18-54-36)45-56-20-27-14-15-29-37(43-27)44-46-48(29)12)35(24(5)33(50)25(6)38(52)58-31)59-39-34(51)30(47(10)11)16-22(3)57-39/h14-15,21-25,30-31,34-36,39,51,53H,13,16-20H2,1-12H3/b42-32?,45-28+/t21-,22-,23+,24+,25-,30+,31-,34-,35-,36+,39+,40-,41-/m1/s1. The van der Waals surface area contributed by atoms with Crippen LogP contribution in [0.15, 0.2) is 22.3 Å². The van der Waals surface area contributed by atoms with Crippen LogP contribution in [0.1, 0.15) is 87.3 Å². The molecule has 0 radical (unpaired) electrons. The van der Waals surface area contributed by atoms with E-state index in [4.69, 9.17) is 28.5 Å². The van der Waals surface area contributed by atoms with Crippen molar-refractivity contribution in [1.29, 1.82) is 0 Å². The molecule has 328 valence electrons. The van der Waals surface area contributed by atoms with Crippen LogP contribution in [0, 0.1) is 23.7 Å². The number of amides is 1. The Balaban J connectivity index is 1.66. The Hall–Kier alpha value is -3.78. The molecule has 59 heavy (non-hydrogen) atoms. The maximum absolute atomic E-state index is 14.5. The van der Waals surface area contributed by atoms with Gasteiger partial charge in [-0.15, -0.1) is 5.10 Å². The summed E-state index contributed by atoms with van der Waals surface area (Å²) >= 11 is 0. The van der Waals surface area contributed by atoms with Crippen molar-refractivity contribution in [2.45, 2.75) is 142 Å². The molecule has 2 bridgehead atoms. The van der Waals surface area contributed by atoms with Gasteiger partial charge in [-0.2, -0.15) is 0 Å². The molecule has 3 aliphatic heterocycles. The molecule has 0 saturated carbocycles. The van der Waals surface area contributed by atoms with Gasteiger partial charge in [0, 0.05) is 37.6 Å².